The first-order valence-corrected chi connectivity index (χ1v) is 7.33. The zero-order valence-electron chi connectivity index (χ0n) is 12.6. The van der Waals surface area contributed by atoms with Gasteiger partial charge >= 0.3 is 0 Å². The highest BCUT2D eigenvalue weighted by Gasteiger charge is 2.29. The number of ether oxygens (including phenoxy) is 2. The van der Waals surface area contributed by atoms with Crippen molar-refractivity contribution in [3.8, 4) is 5.75 Å². The van der Waals surface area contributed by atoms with Crippen LogP contribution < -0.4 is 4.74 Å². The number of nitrogens with zero attached hydrogens (tertiary/aromatic N) is 1. The Morgan fingerprint density at radius 3 is 2.55 bits per heavy atom. The second kappa shape index (κ2) is 6.62. The van der Waals surface area contributed by atoms with Gasteiger partial charge in [0.15, 0.2) is 0 Å². The summed E-state index contributed by atoms with van der Waals surface area (Å²) in [5, 5.41) is 0. The van der Waals surface area contributed by atoms with Crippen LogP contribution in [0.2, 0.25) is 0 Å². The van der Waals surface area contributed by atoms with E-state index in [1.807, 2.05) is 59.5 Å². The molecule has 1 atom stereocenters. The Labute approximate surface area is 130 Å². The first-order chi connectivity index (χ1) is 10.8. The van der Waals surface area contributed by atoms with Gasteiger partial charge in [0, 0.05) is 6.54 Å². The average Bonchev–Trinajstić information content (AvgIpc) is 2.58. The summed E-state index contributed by atoms with van der Waals surface area (Å²) in [5.74, 6) is 0.840. The van der Waals surface area contributed by atoms with Crippen LogP contribution in [0.25, 0.3) is 0 Å². The Hall–Kier alpha value is -2.33. The largest absolute Gasteiger partial charge is 0.497 e. The fourth-order valence-electron chi connectivity index (χ4n) is 2.68. The molecule has 0 bridgehead atoms. The maximum Gasteiger partial charge on any atom is 0.249 e. The van der Waals surface area contributed by atoms with E-state index in [0.717, 1.165) is 16.9 Å². The zero-order chi connectivity index (χ0) is 15.4. The molecular formula is C18H19NO3. The lowest BCUT2D eigenvalue weighted by molar-refractivity contribution is -0.149. The molecule has 0 N–H and O–H groups in total. The zero-order valence-corrected chi connectivity index (χ0v) is 12.6. The summed E-state index contributed by atoms with van der Waals surface area (Å²) < 4.78 is 10.6. The van der Waals surface area contributed by atoms with Crippen molar-refractivity contribution in [1.82, 2.24) is 4.90 Å². The fraction of sp³-hybridized carbons (Fsp3) is 0.278. The number of methoxy groups -OCH3 is 1. The second-order valence-electron chi connectivity index (χ2n) is 5.31. The Morgan fingerprint density at radius 2 is 1.86 bits per heavy atom. The molecule has 1 aliphatic rings. The SMILES string of the molecule is COc1ccc(CN2C(=O)COCC2c2ccccc2)cc1. The summed E-state index contributed by atoms with van der Waals surface area (Å²) in [7, 11) is 1.64. The van der Waals surface area contributed by atoms with E-state index in [2.05, 4.69) is 0 Å². The van der Waals surface area contributed by atoms with Crippen LogP contribution in [0.4, 0.5) is 0 Å². The quantitative estimate of drug-likeness (QED) is 0.871. The monoisotopic (exact) mass is 297 g/mol. The molecule has 1 fully saturated rings. The lowest BCUT2D eigenvalue weighted by atomic mass is 10.0. The molecule has 0 aromatic heterocycles. The summed E-state index contributed by atoms with van der Waals surface area (Å²) in [6.07, 6.45) is 0. The third-order valence-corrected chi connectivity index (χ3v) is 3.89. The van der Waals surface area contributed by atoms with Crippen molar-refractivity contribution in [2.24, 2.45) is 0 Å². The predicted molar refractivity (Wildman–Crippen MR) is 83.5 cm³/mol. The fourth-order valence-corrected chi connectivity index (χ4v) is 2.68. The molecule has 4 heteroatoms. The minimum Gasteiger partial charge on any atom is -0.497 e. The summed E-state index contributed by atoms with van der Waals surface area (Å²) in [6.45, 7) is 1.26. The number of carbonyl (C=O) groups excluding carboxylic acids is 1. The molecule has 1 aliphatic heterocycles. The van der Waals surface area contributed by atoms with Gasteiger partial charge in [-0.2, -0.15) is 0 Å². The highest BCUT2D eigenvalue weighted by molar-refractivity contribution is 5.78. The van der Waals surface area contributed by atoms with Gasteiger partial charge in [0.05, 0.1) is 19.8 Å². The Balaban J connectivity index is 1.82. The van der Waals surface area contributed by atoms with E-state index in [0.29, 0.717) is 13.2 Å². The number of rotatable bonds is 4. The van der Waals surface area contributed by atoms with Crippen molar-refractivity contribution in [3.63, 3.8) is 0 Å². The van der Waals surface area contributed by atoms with Gasteiger partial charge in [0.1, 0.15) is 12.4 Å². The number of carbonyl (C=O) groups is 1. The van der Waals surface area contributed by atoms with E-state index in [1.165, 1.54) is 0 Å². The van der Waals surface area contributed by atoms with Gasteiger partial charge in [-0.1, -0.05) is 42.5 Å². The molecule has 1 unspecified atom stereocenters. The normalized spacial score (nSPS) is 18.3. The summed E-state index contributed by atoms with van der Waals surface area (Å²) in [5.41, 5.74) is 2.18. The average molecular weight is 297 g/mol. The molecule has 2 aromatic rings. The van der Waals surface area contributed by atoms with Gasteiger partial charge < -0.3 is 14.4 Å². The molecule has 1 amide bonds. The Bertz CT molecular complexity index is 625. The molecule has 0 spiro atoms. The molecule has 0 radical (unpaired) electrons. The highest BCUT2D eigenvalue weighted by Crippen LogP contribution is 2.27. The lowest BCUT2D eigenvalue weighted by Gasteiger charge is -2.36. The Morgan fingerprint density at radius 1 is 1.14 bits per heavy atom. The van der Waals surface area contributed by atoms with Crippen LogP contribution in [-0.4, -0.2) is 31.1 Å². The smallest absolute Gasteiger partial charge is 0.249 e. The summed E-state index contributed by atoms with van der Waals surface area (Å²) >= 11 is 0. The molecule has 0 aliphatic carbocycles. The lowest BCUT2D eigenvalue weighted by Crippen LogP contribution is -2.43. The molecule has 22 heavy (non-hydrogen) atoms. The summed E-state index contributed by atoms with van der Waals surface area (Å²) in [4.78, 5) is 14.2. The number of amides is 1. The van der Waals surface area contributed by atoms with Gasteiger partial charge in [-0.15, -0.1) is 0 Å². The molecule has 3 rings (SSSR count). The molecule has 4 nitrogen and oxygen atoms in total. The standard InChI is InChI=1S/C18H19NO3/c1-21-16-9-7-14(8-10-16)11-19-17(12-22-13-18(19)20)15-5-3-2-4-6-15/h2-10,17H,11-13H2,1H3. The topological polar surface area (TPSA) is 38.8 Å². The third kappa shape index (κ3) is 3.12. The van der Waals surface area contributed by atoms with Gasteiger partial charge in [-0.05, 0) is 23.3 Å². The van der Waals surface area contributed by atoms with Crippen LogP contribution >= 0.6 is 0 Å². The number of hydrogen-bond donors (Lipinski definition) is 0. The van der Waals surface area contributed by atoms with Crippen molar-refractivity contribution in [1.29, 1.82) is 0 Å². The summed E-state index contributed by atoms with van der Waals surface area (Å²) in [6, 6.07) is 17.8. The van der Waals surface area contributed by atoms with E-state index >= 15 is 0 Å². The van der Waals surface area contributed by atoms with Gasteiger partial charge in [0.25, 0.3) is 0 Å². The minimum absolute atomic E-state index is 0.0240. The van der Waals surface area contributed by atoms with Crippen LogP contribution in [0.15, 0.2) is 54.6 Å². The third-order valence-electron chi connectivity index (χ3n) is 3.89. The van der Waals surface area contributed by atoms with Crippen molar-refractivity contribution in [3.05, 3.63) is 65.7 Å². The Kier molecular flexibility index (Phi) is 4.39. The van der Waals surface area contributed by atoms with Crippen molar-refractivity contribution >= 4 is 5.91 Å². The number of hydrogen-bond acceptors (Lipinski definition) is 3. The van der Waals surface area contributed by atoms with Crippen LogP contribution in [0.5, 0.6) is 5.75 Å². The van der Waals surface area contributed by atoms with Crippen LogP contribution in [0.1, 0.15) is 17.2 Å². The highest BCUT2D eigenvalue weighted by atomic mass is 16.5. The van der Waals surface area contributed by atoms with Gasteiger partial charge in [0.2, 0.25) is 5.91 Å². The molecule has 2 aromatic carbocycles. The molecule has 1 heterocycles. The molecule has 114 valence electrons. The van der Waals surface area contributed by atoms with E-state index in [1.54, 1.807) is 7.11 Å². The van der Waals surface area contributed by atoms with Crippen molar-refractivity contribution in [2.45, 2.75) is 12.6 Å². The van der Waals surface area contributed by atoms with E-state index < -0.39 is 0 Å². The first-order valence-electron chi connectivity index (χ1n) is 7.33. The van der Waals surface area contributed by atoms with Crippen LogP contribution in [0.3, 0.4) is 0 Å². The van der Waals surface area contributed by atoms with Crippen molar-refractivity contribution in [2.75, 3.05) is 20.3 Å². The van der Waals surface area contributed by atoms with Gasteiger partial charge in [-0.25, -0.2) is 0 Å². The predicted octanol–water partition coefficient (Wildman–Crippen LogP) is 2.80. The molecule has 1 saturated heterocycles. The van der Waals surface area contributed by atoms with Crippen LogP contribution in [0, 0.1) is 0 Å². The number of benzene rings is 2. The van der Waals surface area contributed by atoms with E-state index in [-0.39, 0.29) is 18.6 Å². The van der Waals surface area contributed by atoms with Gasteiger partial charge in [-0.3, -0.25) is 4.79 Å². The first kappa shape index (κ1) is 14.6. The maximum absolute atomic E-state index is 12.3. The minimum atomic E-state index is -0.0375. The van der Waals surface area contributed by atoms with E-state index in [9.17, 15) is 4.79 Å². The second-order valence-corrected chi connectivity index (χ2v) is 5.31. The van der Waals surface area contributed by atoms with Crippen molar-refractivity contribution < 1.29 is 14.3 Å². The van der Waals surface area contributed by atoms with E-state index in [4.69, 9.17) is 9.47 Å². The maximum atomic E-state index is 12.3. The molecular weight excluding hydrogens is 278 g/mol. The molecule has 0 saturated carbocycles. The van der Waals surface area contributed by atoms with Crippen LogP contribution in [-0.2, 0) is 16.1 Å². The number of morpholine rings is 1.